The van der Waals surface area contributed by atoms with Crippen LogP contribution in [0.3, 0.4) is 0 Å². The smallest absolute Gasteiger partial charge is 0.0236 e. The molecule has 58 valence electrons. The van der Waals surface area contributed by atoms with Crippen LogP contribution in [0.2, 0.25) is 0 Å². The van der Waals surface area contributed by atoms with Gasteiger partial charge < -0.3 is 0 Å². The minimum atomic E-state index is 0.774. The van der Waals surface area contributed by atoms with Crippen molar-refractivity contribution in [1.29, 1.82) is 0 Å². The van der Waals surface area contributed by atoms with Gasteiger partial charge in [-0.1, -0.05) is 38.2 Å². The van der Waals surface area contributed by atoms with Crippen molar-refractivity contribution < 1.29 is 0 Å². The highest BCUT2D eigenvalue weighted by Gasteiger charge is 1.94. The van der Waals surface area contributed by atoms with Crippen LogP contribution in [0.15, 0.2) is 24.3 Å². The average Bonchev–Trinajstić information content (AvgIpc) is 1.99. The summed E-state index contributed by atoms with van der Waals surface area (Å²) in [5.74, 6) is 0.774. The van der Waals surface area contributed by atoms with E-state index in [9.17, 15) is 0 Å². The molecule has 0 unspecified atom stereocenters. The van der Waals surface area contributed by atoms with Gasteiger partial charge in [0.15, 0.2) is 0 Å². The van der Waals surface area contributed by atoms with Crippen LogP contribution in [-0.2, 0) is 0 Å². The number of hydrogen-bond donors (Lipinski definition) is 0. The largest absolute Gasteiger partial charge is 0.0877 e. The summed E-state index contributed by atoms with van der Waals surface area (Å²) in [7, 11) is 0. The Bertz CT molecular complexity index is 105. The van der Waals surface area contributed by atoms with Gasteiger partial charge in [0.1, 0.15) is 0 Å². The minimum Gasteiger partial charge on any atom is -0.0877 e. The fourth-order valence-electron chi connectivity index (χ4n) is 0.893. The van der Waals surface area contributed by atoms with Crippen molar-refractivity contribution in [2.24, 2.45) is 5.92 Å². The molecule has 0 nitrogen and oxygen atoms in total. The first-order valence-corrected chi connectivity index (χ1v) is 4.14. The van der Waals surface area contributed by atoms with Gasteiger partial charge in [0.25, 0.3) is 0 Å². The van der Waals surface area contributed by atoms with Gasteiger partial charge in [-0.15, -0.1) is 0 Å². The minimum absolute atomic E-state index is 0.774. The molecule has 0 saturated carbocycles. The van der Waals surface area contributed by atoms with Crippen LogP contribution in [-0.4, -0.2) is 0 Å². The average molecular weight is 138 g/mol. The van der Waals surface area contributed by atoms with Crippen LogP contribution >= 0.6 is 0 Å². The predicted molar refractivity (Wildman–Crippen MR) is 48.0 cm³/mol. The molecule has 0 atom stereocenters. The van der Waals surface area contributed by atoms with Crippen molar-refractivity contribution in [3.05, 3.63) is 24.3 Å². The van der Waals surface area contributed by atoms with Gasteiger partial charge in [0.2, 0.25) is 0 Å². The SMILES string of the molecule is C/C=C/C=C/C(CC)CC. The Morgan fingerprint density at radius 1 is 1.10 bits per heavy atom. The fourth-order valence-corrected chi connectivity index (χ4v) is 0.893. The number of rotatable bonds is 4. The molecule has 0 fully saturated rings. The van der Waals surface area contributed by atoms with Gasteiger partial charge in [-0.2, -0.15) is 0 Å². The maximum absolute atomic E-state index is 2.28. The molecule has 0 N–H and O–H groups in total. The van der Waals surface area contributed by atoms with Crippen LogP contribution in [0, 0.1) is 5.92 Å². The Labute approximate surface area is 64.6 Å². The molecule has 0 aliphatic heterocycles. The third-order valence-corrected chi connectivity index (χ3v) is 1.74. The zero-order valence-electron chi connectivity index (χ0n) is 7.30. The molecule has 0 aromatic carbocycles. The summed E-state index contributed by atoms with van der Waals surface area (Å²) < 4.78 is 0. The van der Waals surface area contributed by atoms with Crippen LogP contribution in [0.5, 0.6) is 0 Å². The summed E-state index contributed by atoms with van der Waals surface area (Å²) in [6, 6.07) is 0. The predicted octanol–water partition coefficient (Wildman–Crippen LogP) is 3.55. The Hall–Kier alpha value is -0.520. The zero-order valence-corrected chi connectivity index (χ0v) is 7.30. The van der Waals surface area contributed by atoms with Crippen molar-refractivity contribution in [3.63, 3.8) is 0 Å². The van der Waals surface area contributed by atoms with Gasteiger partial charge >= 0.3 is 0 Å². The lowest BCUT2D eigenvalue weighted by Crippen LogP contribution is -1.89. The molecule has 0 aliphatic rings. The normalized spacial score (nSPS) is 12.4. The molecule has 0 bridgehead atoms. The van der Waals surface area contributed by atoms with Crippen LogP contribution in [0.25, 0.3) is 0 Å². The van der Waals surface area contributed by atoms with E-state index in [-0.39, 0.29) is 0 Å². The third kappa shape index (κ3) is 4.37. The third-order valence-electron chi connectivity index (χ3n) is 1.74. The van der Waals surface area contributed by atoms with E-state index in [4.69, 9.17) is 0 Å². The monoisotopic (exact) mass is 138 g/mol. The second-order valence-corrected chi connectivity index (χ2v) is 2.49. The zero-order chi connectivity index (χ0) is 7.82. The summed E-state index contributed by atoms with van der Waals surface area (Å²) in [5.41, 5.74) is 0. The molecule has 0 aliphatic carbocycles. The highest BCUT2D eigenvalue weighted by Crippen LogP contribution is 2.08. The highest BCUT2D eigenvalue weighted by molar-refractivity contribution is 5.02. The van der Waals surface area contributed by atoms with Crippen LogP contribution in [0.4, 0.5) is 0 Å². The molecule has 0 rings (SSSR count). The standard InChI is InChI=1S/C10H18/c1-4-7-8-9-10(5-2)6-3/h4,7-10H,5-6H2,1-3H3/b7-4+,9-8+. The lowest BCUT2D eigenvalue weighted by atomic mass is 10.0. The maximum Gasteiger partial charge on any atom is -0.0236 e. The van der Waals surface area contributed by atoms with E-state index in [0.717, 1.165) is 5.92 Å². The fraction of sp³-hybridized carbons (Fsp3) is 0.600. The highest BCUT2D eigenvalue weighted by atomic mass is 14.0. The first-order chi connectivity index (χ1) is 4.85. The quantitative estimate of drug-likeness (QED) is 0.521. The van der Waals surface area contributed by atoms with E-state index >= 15 is 0 Å². The summed E-state index contributed by atoms with van der Waals surface area (Å²) in [6.07, 6.45) is 11.1. The van der Waals surface area contributed by atoms with Crippen molar-refractivity contribution in [2.75, 3.05) is 0 Å². The van der Waals surface area contributed by atoms with E-state index in [1.165, 1.54) is 12.8 Å². The Balaban J connectivity index is 3.60. The van der Waals surface area contributed by atoms with E-state index < -0.39 is 0 Å². The maximum atomic E-state index is 2.28. The molecule has 0 heteroatoms. The van der Waals surface area contributed by atoms with Crippen LogP contribution < -0.4 is 0 Å². The molecule has 0 aromatic rings. The molecule has 10 heavy (non-hydrogen) atoms. The van der Waals surface area contributed by atoms with E-state index in [1.807, 2.05) is 6.92 Å². The first-order valence-electron chi connectivity index (χ1n) is 4.14. The summed E-state index contributed by atoms with van der Waals surface area (Å²) >= 11 is 0. The summed E-state index contributed by atoms with van der Waals surface area (Å²) in [4.78, 5) is 0. The first kappa shape index (κ1) is 9.48. The molecule has 0 heterocycles. The van der Waals surface area contributed by atoms with Gasteiger partial charge in [0.05, 0.1) is 0 Å². The Morgan fingerprint density at radius 3 is 2.10 bits per heavy atom. The molecule has 0 spiro atoms. The molecule has 0 amide bonds. The second-order valence-electron chi connectivity index (χ2n) is 2.49. The van der Waals surface area contributed by atoms with E-state index in [0.29, 0.717) is 0 Å². The number of allylic oxidation sites excluding steroid dienone is 4. The Kier molecular flexibility index (Phi) is 6.25. The van der Waals surface area contributed by atoms with Gasteiger partial charge in [0, 0.05) is 0 Å². The van der Waals surface area contributed by atoms with Crippen LogP contribution in [0.1, 0.15) is 33.6 Å². The van der Waals surface area contributed by atoms with Crippen molar-refractivity contribution in [3.8, 4) is 0 Å². The van der Waals surface area contributed by atoms with Crippen molar-refractivity contribution >= 4 is 0 Å². The second kappa shape index (κ2) is 6.60. The number of hydrogen-bond acceptors (Lipinski definition) is 0. The lowest BCUT2D eigenvalue weighted by molar-refractivity contribution is 0.606. The van der Waals surface area contributed by atoms with Gasteiger partial charge in [-0.05, 0) is 25.7 Å². The molecular formula is C10H18. The van der Waals surface area contributed by atoms with Gasteiger partial charge in [-0.25, -0.2) is 0 Å². The molecule has 0 aromatic heterocycles. The van der Waals surface area contributed by atoms with E-state index in [1.54, 1.807) is 0 Å². The molecule has 0 radical (unpaired) electrons. The summed E-state index contributed by atoms with van der Waals surface area (Å²) in [5, 5.41) is 0. The Morgan fingerprint density at radius 2 is 1.70 bits per heavy atom. The topological polar surface area (TPSA) is 0 Å². The summed E-state index contributed by atoms with van der Waals surface area (Å²) in [6.45, 7) is 6.50. The lowest BCUT2D eigenvalue weighted by Gasteiger charge is -2.02. The van der Waals surface area contributed by atoms with E-state index in [2.05, 4.69) is 38.2 Å². The van der Waals surface area contributed by atoms with Crippen molar-refractivity contribution in [1.82, 2.24) is 0 Å². The molecular weight excluding hydrogens is 120 g/mol. The van der Waals surface area contributed by atoms with Crippen molar-refractivity contribution in [2.45, 2.75) is 33.6 Å². The molecule has 0 saturated heterocycles. The van der Waals surface area contributed by atoms with Gasteiger partial charge in [-0.3, -0.25) is 0 Å².